The van der Waals surface area contributed by atoms with Crippen molar-refractivity contribution in [2.45, 2.75) is 0 Å². The maximum Gasteiger partial charge on any atom is 0.188 e. The summed E-state index contributed by atoms with van der Waals surface area (Å²) >= 11 is 3.17. The van der Waals surface area contributed by atoms with Gasteiger partial charge >= 0.3 is 0 Å². The van der Waals surface area contributed by atoms with Crippen LogP contribution < -0.4 is 9.47 Å². The van der Waals surface area contributed by atoms with Gasteiger partial charge in [0, 0.05) is 13.2 Å². The molecule has 1 rings (SSSR count). The predicted octanol–water partition coefficient (Wildman–Crippen LogP) is 2.58. The second-order valence-electron chi connectivity index (χ2n) is 2.47. The van der Waals surface area contributed by atoms with Crippen LogP contribution in [0.5, 0.6) is 11.5 Å². The lowest BCUT2D eigenvalue weighted by Gasteiger charge is -2.09. The molecule has 0 aromatic heterocycles. The zero-order valence-corrected chi connectivity index (χ0v) is 9.43. The SMILES string of the molecule is COCOc1c(F)cc(OC)cc1Br. The zero-order valence-electron chi connectivity index (χ0n) is 7.84. The van der Waals surface area contributed by atoms with Crippen LogP contribution in [-0.4, -0.2) is 21.0 Å². The topological polar surface area (TPSA) is 27.7 Å². The highest BCUT2D eigenvalue weighted by molar-refractivity contribution is 9.10. The van der Waals surface area contributed by atoms with Gasteiger partial charge in [-0.1, -0.05) is 0 Å². The van der Waals surface area contributed by atoms with E-state index in [9.17, 15) is 4.39 Å². The number of ether oxygens (including phenoxy) is 3. The van der Waals surface area contributed by atoms with E-state index in [0.29, 0.717) is 10.2 Å². The highest BCUT2D eigenvalue weighted by Crippen LogP contribution is 2.32. The lowest BCUT2D eigenvalue weighted by Crippen LogP contribution is -2.01. The number of rotatable bonds is 4. The van der Waals surface area contributed by atoms with Crippen LogP contribution in [-0.2, 0) is 4.74 Å². The molecule has 5 heteroatoms. The Balaban J connectivity index is 2.93. The van der Waals surface area contributed by atoms with Crippen molar-refractivity contribution < 1.29 is 18.6 Å². The van der Waals surface area contributed by atoms with E-state index in [-0.39, 0.29) is 12.5 Å². The Morgan fingerprint density at radius 3 is 2.57 bits per heavy atom. The van der Waals surface area contributed by atoms with Crippen molar-refractivity contribution in [3.63, 3.8) is 0 Å². The highest BCUT2D eigenvalue weighted by atomic mass is 79.9. The quantitative estimate of drug-likeness (QED) is 0.783. The Hall–Kier alpha value is -0.810. The fourth-order valence-corrected chi connectivity index (χ4v) is 1.44. The first-order valence-electron chi connectivity index (χ1n) is 3.83. The highest BCUT2D eigenvalue weighted by Gasteiger charge is 2.10. The molecule has 0 aliphatic carbocycles. The van der Waals surface area contributed by atoms with Gasteiger partial charge in [-0.25, -0.2) is 4.39 Å². The van der Waals surface area contributed by atoms with E-state index >= 15 is 0 Å². The van der Waals surface area contributed by atoms with E-state index in [0.717, 1.165) is 0 Å². The van der Waals surface area contributed by atoms with Crippen molar-refractivity contribution in [1.82, 2.24) is 0 Å². The molecule has 0 saturated heterocycles. The molecule has 1 aromatic carbocycles. The Labute approximate surface area is 89.9 Å². The minimum atomic E-state index is -0.492. The smallest absolute Gasteiger partial charge is 0.188 e. The van der Waals surface area contributed by atoms with E-state index < -0.39 is 5.82 Å². The van der Waals surface area contributed by atoms with Crippen LogP contribution in [0.3, 0.4) is 0 Å². The van der Waals surface area contributed by atoms with Gasteiger partial charge in [-0.05, 0) is 22.0 Å². The van der Waals surface area contributed by atoms with Crippen molar-refractivity contribution in [2.24, 2.45) is 0 Å². The monoisotopic (exact) mass is 264 g/mol. The molecule has 0 atom stereocenters. The molecular weight excluding hydrogens is 255 g/mol. The second kappa shape index (κ2) is 5.17. The first kappa shape index (κ1) is 11.3. The first-order valence-corrected chi connectivity index (χ1v) is 4.63. The molecule has 1 aromatic rings. The Morgan fingerprint density at radius 1 is 1.36 bits per heavy atom. The molecule has 0 heterocycles. The third-order valence-corrected chi connectivity index (χ3v) is 2.12. The number of halogens is 2. The maximum absolute atomic E-state index is 13.3. The maximum atomic E-state index is 13.3. The Kier molecular flexibility index (Phi) is 4.16. The summed E-state index contributed by atoms with van der Waals surface area (Å²) in [6.45, 7) is 0.00183. The van der Waals surface area contributed by atoms with E-state index in [2.05, 4.69) is 20.7 Å². The molecule has 14 heavy (non-hydrogen) atoms. The van der Waals surface area contributed by atoms with Gasteiger partial charge in [-0.2, -0.15) is 0 Å². The number of methoxy groups -OCH3 is 2. The van der Waals surface area contributed by atoms with Gasteiger partial charge in [0.2, 0.25) is 0 Å². The lowest BCUT2D eigenvalue weighted by atomic mass is 10.3. The molecule has 0 fully saturated rings. The molecule has 0 unspecified atom stereocenters. The van der Waals surface area contributed by atoms with Crippen LogP contribution in [0, 0.1) is 5.82 Å². The molecule has 0 aliphatic rings. The van der Waals surface area contributed by atoms with E-state index in [1.54, 1.807) is 6.07 Å². The zero-order chi connectivity index (χ0) is 10.6. The fourth-order valence-electron chi connectivity index (χ4n) is 0.910. The largest absolute Gasteiger partial charge is 0.497 e. The number of hydrogen-bond acceptors (Lipinski definition) is 3. The van der Waals surface area contributed by atoms with Gasteiger partial charge < -0.3 is 14.2 Å². The summed E-state index contributed by atoms with van der Waals surface area (Å²) in [5.74, 6) is 0.0556. The molecule has 3 nitrogen and oxygen atoms in total. The van der Waals surface area contributed by atoms with E-state index in [1.807, 2.05) is 0 Å². The number of benzene rings is 1. The minimum absolute atomic E-state index is 0.00183. The standard InChI is InChI=1S/C9H10BrFO3/c1-12-5-14-9-7(10)3-6(13-2)4-8(9)11/h3-4H,5H2,1-2H3. The molecule has 0 N–H and O–H groups in total. The van der Waals surface area contributed by atoms with Crippen LogP contribution in [0.25, 0.3) is 0 Å². The molecule has 0 bridgehead atoms. The van der Waals surface area contributed by atoms with Gasteiger partial charge in [-0.15, -0.1) is 0 Å². The Bertz CT molecular complexity index is 294. The van der Waals surface area contributed by atoms with Crippen molar-refractivity contribution >= 4 is 15.9 Å². The number of hydrogen-bond donors (Lipinski definition) is 0. The normalized spacial score (nSPS) is 10.0. The molecule has 78 valence electrons. The summed E-state index contributed by atoms with van der Waals surface area (Å²) in [6, 6.07) is 2.86. The van der Waals surface area contributed by atoms with Crippen molar-refractivity contribution in [1.29, 1.82) is 0 Å². The van der Waals surface area contributed by atoms with E-state index in [1.165, 1.54) is 20.3 Å². The molecule has 0 aliphatic heterocycles. The van der Waals surface area contributed by atoms with Gasteiger partial charge in [0.15, 0.2) is 18.4 Å². The average Bonchev–Trinajstić information content (AvgIpc) is 2.16. The third kappa shape index (κ3) is 2.59. The van der Waals surface area contributed by atoms with Crippen LogP contribution >= 0.6 is 15.9 Å². The minimum Gasteiger partial charge on any atom is -0.497 e. The summed E-state index contributed by atoms with van der Waals surface area (Å²) in [6.07, 6.45) is 0. The summed E-state index contributed by atoms with van der Waals surface area (Å²) in [5, 5.41) is 0. The molecule has 0 amide bonds. The molecular formula is C9H10BrFO3. The predicted molar refractivity (Wildman–Crippen MR) is 53.2 cm³/mol. The first-order chi connectivity index (χ1) is 6.69. The van der Waals surface area contributed by atoms with Gasteiger partial charge in [-0.3, -0.25) is 0 Å². The van der Waals surface area contributed by atoms with Crippen LogP contribution in [0.2, 0.25) is 0 Å². The summed E-state index contributed by atoms with van der Waals surface area (Å²) in [5.41, 5.74) is 0. The second-order valence-corrected chi connectivity index (χ2v) is 3.33. The van der Waals surface area contributed by atoms with Gasteiger partial charge in [0.1, 0.15) is 5.75 Å². The Morgan fingerprint density at radius 2 is 2.07 bits per heavy atom. The van der Waals surface area contributed by atoms with Crippen molar-refractivity contribution in [2.75, 3.05) is 21.0 Å². The third-order valence-electron chi connectivity index (χ3n) is 1.53. The van der Waals surface area contributed by atoms with Crippen LogP contribution in [0.1, 0.15) is 0 Å². The molecule has 0 saturated carbocycles. The summed E-state index contributed by atoms with van der Waals surface area (Å²) in [7, 11) is 2.94. The summed E-state index contributed by atoms with van der Waals surface area (Å²) in [4.78, 5) is 0. The molecule has 0 spiro atoms. The lowest BCUT2D eigenvalue weighted by molar-refractivity contribution is 0.0476. The summed E-state index contributed by atoms with van der Waals surface area (Å²) < 4.78 is 28.4. The average molecular weight is 265 g/mol. The van der Waals surface area contributed by atoms with Crippen molar-refractivity contribution in [3.8, 4) is 11.5 Å². The van der Waals surface area contributed by atoms with Crippen LogP contribution in [0.4, 0.5) is 4.39 Å². The fraction of sp³-hybridized carbons (Fsp3) is 0.333. The van der Waals surface area contributed by atoms with Gasteiger partial charge in [0.05, 0.1) is 11.6 Å². The molecule has 0 radical (unpaired) electrons. The van der Waals surface area contributed by atoms with Crippen molar-refractivity contribution in [3.05, 3.63) is 22.4 Å². The van der Waals surface area contributed by atoms with Gasteiger partial charge in [0.25, 0.3) is 0 Å². The van der Waals surface area contributed by atoms with Crippen LogP contribution in [0.15, 0.2) is 16.6 Å². The van der Waals surface area contributed by atoms with E-state index in [4.69, 9.17) is 9.47 Å².